The van der Waals surface area contributed by atoms with Crippen LogP contribution in [0.2, 0.25) is 0 Å². The van der Waals surface area contributed by atoms with Crippen molar-refractivity contribution in [3.05, 3.63) is 42.2 Å². The Bertz CT molecular complexity index is 537. The molecule has 0 bridgehead atoms. The van der Waals surface area contributed by atoms with Gasteiger partial charge in [-0.15, -0.1) is 0 Å². The number of hydrogen-bond donors (Lipinski definition) is 1. The van der Waals surface area contributed by atoms with E-state index in [0.29, 0.717) is 0 Å². The van der Waals surface area contributed by atoms with Gasteiger partial charge in [-0.2, -0.15) is 0 Å². The van der Waals surface area contributed by atoms with Crippen LogP contribution >= 0.6 is 0 Å². The number of aromatic nitrogens is 1. The molecule has 2 heterocycles. The number of nitrogens with one attached hydrogen (secondary N) is 1. The maximum Gasteiger partial charge on any atom is 0.147 e. The van der Waals surface area contributed by atoms with E-state index in [0.717, 1.165) is 24.6 Å². The fourth-order valence-corrected chi connectivity index (χ4v) is 1.78. The first-order valence-corrected chi connectivity index (χ1v) is 5.07. The number of amidine groups is 1. The summed E-state index contributed by atoms with van der Waals surface area (Å²) >= 11 is 0. The number of nitrogens with zero attached hydrogens (tertiary/aromatic N) is 2. The van der Waals surface area contributed by atoms with E-state index in [-0.39, 0.29) is 12.4 Å². The largest absolute Gasteiger partial charge is 1.00 e. The van der Waals surface area contributed by atoms with Gasteiger partial charge in [0.05, 0.1) is 6.54 Å². The minimum Gasteiger partial charge on any atom is -1.00 e. The molecule has 3 rings (SSSR count). The number of benzene rings is 1. The average molecular weight is 233 g/mol. The Balaban J connectivity index is 0.000000963. The Morgan fingerprint density at radius 1 is 1.12 bits per heavy atom. The molecule has 3 nitrogen and oxygen atoms in total. The van der Waals surface area contributed by atoms with E-state index in [2.05, 4.69) is 33.5 Å². The van der Waals surface area contributed by atoms with E-state index in [1.54, 1.807) is 0 Å². The molecule has 1 aromatic heterocycles. The lowest BCUT2D eigenvalue weighted by Crippen LogP contribution is -3.00. The van der Waals surface area contributed by atoms with Crippen molar-refractivity contribution in [2.45, 2.75) is 0 Å². The van der Waals surface area contributed by atoms with Gasteiger partial charge in [-0.1, -0.05) is 24.3 Å². The van der Waals surface area contributed by atoms with Gasteiger partial charge in [0, 0.05) is 18.1 Å². The molecule has 0 spiro atoms. The molecule has 82 valence electrons. The number of fused-ring (bicyclic) bond motifs is 1. The lowest BCUT2D eigenvalue weighted by atomic mass is 10.1. The molecule has 1 aliphatic heterocycles. The second kappa shape index (κ2) is 4.49. The highest BCUT2D eigenvalue weighted by molar-refractivity contribution is 6.00. The van der Waals surface area contributed by atoms with Crippen molar-refractivity contribution in [2.75, 3.05) is 13.1 Å². The fraction of sp³-hybridized carbons (Fsp3) is 0.167. The summed E-state index contributed by atoms with van der Waals surface area (Å²) in [5, 5.41) is 5.60. The highest BCUT2D eigenvalue weighted by Crippen LogP contribution is 2.13. The van der Waals surface area contributed by atoms with Crippen molar-refractivity contribution in [1.82, 2.24) is 10.3 Å². The molecule has 0 atom stereocenters. The third kappa shape index (κ3) is 1.86. The molecule has 2 aromatic rings. The standard InChI is InChI=1S/C12H11N3.ClH/c1-2-4-10-8-15-11(7-9(10)3-1)12-13-5-6-14-12;/h1-4,7-8H,5-6H2,(H,13,14);1H/p-1. The van der Waals surface area contributed by atoms with E-state index in [1.807, 2.05) is 18.3 Å². The second-order valence-corrected chi connectivity index (χ2v) is 3.57. The van der Waals surface area contributed by atoms with Crippen molar-refractivity contribution in [3.63, 3.8) is 0 Å². The molecule has 0 saturated carbocycles. The van der Waals surface area contributed by atoms with Crippen LogP contribution in [0.4, 0.5) is 0 Å². The van der Waals surface area contributed by atoms with Gasteiger partial charge in [0.2, 0.25) is 0 Å². The van der Waals surface area contributed by atoms with Crippen LogP contribution in [-0.2, 0) is 0 Å². The van der Waals surface area contributed by atoms with Crippen LogP contribution in [0.25, 0.3) is 10.8 Å². The minimum atomic E-state index is 0. The summed E-state index contributed by atoms with van der Waals surface area (Å²) in [6, 6.07) is 10.3. The van der Waals surface area contributed by atoms with Gasteiger partial charge in [-0.05, 0) is 11.5 Å². The van der Waals surface area contributed by atoms with Crippen LogP contribution in [0.15, 0.2) is 41.5 Å². The molecule has 1 N–H and O–H groups in total. The molecular formula is C12H11ClN3-. The zero-order valence-corrected chi connectivity index (χ0v) is 9.41. The molecule has 1 aliphatic rings. The molecule has 16 heavy (non-hydrogen) atoms. The smallest absolute Gasteiger partial charge is 0.147 e. The van der Waals surface area contributed by atoms with E-state index in [9.17, 15) is 0 Å². The van der Waals surface area contributed by atoms with Gasteiger partial charge < -0.3 is 17.7 Å². The highest BCUT2D eigenvalue weighted by Gasteiger charge is 2.09. The Morgan fingerprint density at radius 3 is 2.69 bits per heavy atom. The van der Waals surface area contributed by atoms with Crippen LogP contribution in [0.3, 0.4) is 0 Å². The normalized spacial score (nSPS) is 14.1. The predicted octanol–water partition coefficient (Wildman–Crippen LogP) is -1.41. The number of pyridine rings is 1. The lowest BCUT2D eigenvalue weighted by Gasteiger charge is -2.02. The van der Waals surface area contributed by atoms with Crippen LogP contribution < -0.4 is 17.7 Å². The van der Waals surface area contributed by atoms with E-state index in [4.69, 9.17) is 0 Å². The van der Waals surface area contributed by atoms with Crippen LogP contribution in [0.5, 0.6) is 0 Å². The van der Waals surface area contributed by atoms with Gasteiger partial charge in [-0.3, -0.25) is 9.98 Å². The molecule has 0 aliphatic carbocycles. The zero-order valence-electron chi connectivity index (χ0n) is 8.65. The van der Waals surface area contributed by atoms with E-state index >= 15 is 0 Å². The SMILES string of the molecule is [Cl-].c1ccc2cc(C3=NCCN3)ncc2c1. The molecule has 4 heteroatoms. The van der Waals surface area contributed by atoms with Gasteiger partial charge >= 0.3 is 0 Å². The summed E-state index contributed by atoms with van der Waals surface area (Å²) < 4.78 is 0. The summed E-state index contributed by atoms with van der Waals surface area (Å²) in [6.07, 6.45) is 1.90. The van der Waals surface area contributed by atoms with Gasteiger partial charge in [0.1, 0.15) is 11.5 Å². The third-order valence-electron chi connectivity index (χ3n) is 2.55. The Hall–Kier alpha value is -1.61. The van der Waals surface area contributed by atoms with Crippen molar-refractivity contribution in [3.8, 4) is 0 Å². The topological polar surface area (TPSA) is 37.3 Å². The van der Waals surface area contributed by atoms with E-state index < -0.39 is 0 Å². The average Bonchev–Trinajstić information content (AvgIpc) is 2.82. The Kier molecular flexibility index (Phi) is 3.06. The Morgan fingerprint density at radius 2 is 1.94 bits per heavy atom. The van der Waals surface area contributed by atoms with Crippen LogP contribution in [0, 0.1) is 0 Å². The van der Waals surface area contributed by atoms with Crippen LogP contribution in [-0.4, -0.2) is 23.9 Å². The summed E-state index contributed by atoms with van der Waals surface area (Å²) in [7, 11) is 0. The number of aliphatic imine (C=N–C) groups is 1. The highest BCUT2D eigenvalue weighted by atomic mass is 35.5. The number of halogens is 1. The number of rotatable bonds is 1. The van der Waals surface area contributed by atoms with Crippen molar-refractivity contribution < 1.29 is 12.4 Å². The van der Waals surface area contributed by atoms with Crippen molar-refractivity contribution in [2.24, 2.45) is 4.99 Å². The minimum absolute atomic E-state index is 0. The molecule has 1 aromatic carbocycles. The van der Waals surface area contributed by atoms with Gasteiger partial charge in [0.25, 0.3) is 0 Å². The third-order valence-corrected chi connectivity index (χ3v) is 2.55. The maximum atomic E-state index is 4.40. The summed E-state index contributed by atoms with van der Waals surface area (Å²) in [6.45, 7) is 1.77. The molecule has 0 unspecified atom stereocenters. The first-order chi connectivity index (χ1) is 7.43. The number of hydrogen-bond acceptors (Lipinski definition) is 3. The molecule has 0 saturated heterocycles. The lowest BCUT2D eigenvalue weighted by molar-refractivity contribution is -0.00000305. The van der Waals surface area contributed by atoms with Gasteiger partial charge in [-0.25, -0.2) is 0 Å². The monoisotopic (exact) mass is 232 g/mol. The quantitative estimate of drug-likeness (QED) is 0.656. The molecular weight excluding hydrogens is 222 g/mol. The molecule has 0 radical (unpaired) electrons. The summed E-state index contributed by atoms with van der Waals surface area (Å²) in [5.41, 5.74) is 0.936. The van der Waals surface area contributed by atoms with Gasteiger partial charge in [0.15, 0.2) is 0 Å². The first-order valence-electron chi connectivity index (χ1n) is 5.07. The maximum absolute atomic E-state index is 4.40. The summed E-state index contributed by atoms with van der Waals surface area (Å²) in [4.78, 5) is 8.75. The van der Waals surface area contributed by atoms with Crippen molar-refractivity contribution >= 4 is 16.6 Å². The first kappa shape index (κ1) is 10.9. The van der Waals surface area contributed by atoms with Crippen molar-refractivity contribution in [1.29, 1.82) is 0 Å². The molecule has 0 fully saturated rings. The summed E-state index contributed by atoms with van der Waals surface area (Å²) in [5.74, 6) is 0.917. The Labute approximate surface area is 100 Å². The molecule has 0 amide bonds. The predicted molar refractivity (Wildman–Crippen MR) is 61.1 cm³/mol. The second-order valence-electron chi connectivity index (χ2n) is 3.57. The fourth-order valence-electron chi connectivity index (χ4n) is 1.78. The van der Waals surface area contributed by atoms with E-state index in [1.165, 1.54) is 10.8 Å². The van der Waals surface area contributed by atoms with Crippen LogP contribution in [0.1, 0.15) is 5.69 Å². The zero-order chi connectivity index (χ0) is 10.1.